The summed E-state index contributed by atoms with van der Waals surface area (Å²) < 4.78 is 0. The molecule has 0 aromatic heterocycles. The first-order chi connectivity index (χ1) is 4.46. The third-order valence-electron chi connectivity index (χ3n) is 0.800. The Hall–Kier alpha value is 0.190. The van der Waals surface area contributed by atoms with Crippen LogP contribution in [0.5, 0.6) is 0 Å². The Kier molecular flexibility index (Phi) is 4.23. The Morgan fingerprint density at radius 2 is 0.800 bits per heavy atom. The van der Waals surface area contributed by atoms with Crippen LogP contribution in [0.25, 0.3) is 0 Å². The average Bonchev–Trinajstić information content (AvgIpc) is 1.59. The van der Waals surface area contributed by atoms with Crippen molar-refractivity contribution >= 4 is 7.92 Å². The SMILES string of the molecule is OC(O)P(C(O)O)C(O)O. The van der Waals surface area contributed by atoms with Gasteiger partial charge < -0.3 is 30.6 Å². The number of aliphatic hydroxyl groups is 6. The number of hydrogen-bond donors (Lipinski definition) is 6. The van der Waals surface area contributed by atoms with Gasteiger partial charge in [0.15, 0.2) is 18.1 Å². The van der Waals surface area contributed by atoms with Crippen molar-refractivity contribution in [2.24, 2.45) is 0 Å². The zero-order chi connectivity index (χ0) is 8.31. The van der Waals surface area contributed by atoms with Crippen molar-refractivity contribution in [2.75, 3.05) is 0 Å². The Balaban J connectivity index is 3.98. The van der Waals surface area contributed by atoms with E-state index in [1.807, 2.05) is 0 Å². The average molecular weight is 172 g/mol. The maximum absolute atomic E-state index is 8.30. The molecule has 0 heterocycles. The molecular formula is C3H9O6P. The van der Waals surface area contributed by atoms with Gasteiger partial charge in [0.05, 0.1) is 7.92 Å². The summed E-state index contributed by atoms with van der Waals surface area (Å²) in [5.41, 5.74) is 0. The second-order valence-electron chi connectivity index (χ2n) is 1.49. The maximum atomic E-state index is 8.30. The van der Waals surface area contributed by atoms with Crippen LogP contribution in [0.15, 0.2) is 0 Å². The van der Waals surface area contributed by atoms with Crippen molar-refractivity contribution in [3.05, 3.63) is 0 Å². The lowest BCUT2D eigenvalue weighted by Crippen LogP contribution is -2.22. The van der Waals surface area contributed by atoms with E-state index in [4.69, 9.17) is 30.6 Å². The molecule has 0 radical (unpaired) electrons. The van der Waals surface area contributed by atoms with Gasteiger partial charge in [-0.1, -0.05) is 0 Å². The largest absolute Gasteiger partial charge is 0.364 e. The fraction of sp³-hybridized carbons (Fsp3) is 1.00. The molecule has 0 fully saturated rings. The molecule has 0 aliphatic carbocycles. The smallest absolute Gasteiger partial charge is 0.180 e. The highest BCUT2D eigenvalue weighted by atomic mass is 31.1. The molecule has 0 saturated heterocycles. The number of aliphatic hydroxyl groups excluding tert-OH is 3. The van der Waals surface area contributed by atoms with Gasteiger partial charge in [-0.05, 0) is 0 Å². The molecule has 6 N–H and O–H groups in total. The van der Waals surface area contributed by atoms with Crippen molar-refractivity contribution in [2.45, 2.75) is 18.1 Å². The predicted molar refractivity (Wildman–Crippen MR) is 31.6 cm³/mol. The van der Waals surface area contributed by atoms with Crippen LogP contribution >= 0.6 is 7.92 Å². The lowest BCUT2D eigenvalue weighted by atomic mass is 11.4. The summed E-state index contributed by atoms with van der Waals surface area (Å²) in [4.78, 5) is 0. The minimum atomic E-state index is -2.40. The van der Waals surface area contributed by atoms with Crippen LogP contribution in [0, 0.1) is 0 Å². The molecule has 0 aliphatic heterocycles. The summed E-state index contributed by atoms with van der Waals surface area (Å²) in [5, 5.41) is 49.8. The molecule has 6 nitrogen and oxygen atoms in total. The van der Waals surface area contributed by atoms with Crippen LogP contribution in [0.4, 0.5) is 0 Å². The Labute approximate surface area is 57.7 Å². The van der Waals surface area contributed by atoms with Gasteiger partial charge in [-0.25, -0.2) is 0 Å². The van der Waals surface area contributed by atoms with E-state index in [0.29, 0.717) is 0 Å². The van der Waals surface area contributed by atoms with Gasteiger partial charge in [-0.3, -0.25) is 0 Å². The van der Waals surface area contributed by atoms with Gasteiger partial charge in [0, 0.05) is 0 Å². The molecule has 0 saturated carbocycles. The molecule has 0 unspecified atom stereocenters. The van der Waals surface area contributed by atoms with Crippen LogP contribution in [-0.4, -0.2) is 48.7 Å². The van der Waals surface area contributed by atoms with Crippen molar-refractivity contribution in [1.29, 1.82) is 0 Å². The Morgan fingerprint density at radius 3 is 0.800 bits per heavy atom. The minimum absolute atomic E-state index is 2.10. The van der Waals surface area contributed by atoms with Gasteiger partial charge in [-0.15, -0.1) is 0 Å². The first-order valence-corrected chi connectivity index (χ1v) is 3.87. The monoisotopic (exact) mass is 172 g/mol. The Morgan fingerprint density at radius 1 is 0.600 bits per heavy atom. The molecule has 0 bridgehead atoms. The zero-order valence-corrected chi connectivity index (χ0v) is 5.76. The van der Waals surface area contributed by atoms with Gasteiger partial charge in [-0.2, -0.15) is 0 Å². The zero-order valence-electron chi connectivity index (χ0n) is 4.86. The Bertz CT molecular complexity index is 74.0. The fourth-order valence-electron chi connectivity index (χ4n) is 0.358. The second-order valence-corrected chi connectivity index (χ2v) is 3.77. The van der Waals surface area contributed by atoms with Crippen LogP contribution in [0.3, 0.4) is 0 Å². The molecule has 7 heteroatoms. The third-order valence-corrected chi connectivity index (χ3v) is 2.40. The van der Waals surface area contributed by atoms with E-state index >= 15 is 0 Å². The molecule has 0 aromatic rings. The van der Waals surface area contributed by atoms with E-state index in [9.17, 15) is 0 Å². The summed E-state index contributed by atoms with van der Waals surface area (Å²) in [5.74, 6) is 0. The lowest BCUT2D eigenvalue weighted by molar-refractivity contribution is -0.0313. The van der Waals surface area contributed by atoms with Gasteiger partial charge in [0.1, 0.15) is 0 Å². The van der Waals surface area contributed by atoms with Crippen molar-refractivity contribution in [1.82, 2.24) is 0 Å². The standard InChI is InChI=1S/C3H9O6P/c4-1(5)10(2(6)7)3(8)9/h1-9H. The van der Waals surface area contributed by atoms with Crippen LogP contribution in [0.1, 0.15) is 0 Å². The minimum Gasteiger partial charge on any atom is -0.364 e. The highest BCUT2D eigenvalue weighted by Gasteiger charge is 2.29. The van der Waals surface area contributed by atoms with E-state index in [1.165, 1.54) is 0 Å². The van der Waals surface area contributed by atoms with Gasteiger partial charge >= 0.3 is 0 Å². The molecule has 0 spiro atoms. The predicted octanol–water partition coefficient (Wildman–Crippen LogP) is -2.73. The lowest BCUT2D eigenvalue weighted by Gasteiger charge is -2.21. The second kappa shape index (κ2) is 4.15. The van der Waals surface area contributed by atoms with E-state index in [2.05, 4.69) is 0 Å². The molecule has 10 heavy (non-hydrogen) atoms. The van der Waals surface area contributed by atoms with Crippen molar-refractivity contribution in [3.63, 3.8) is 0 Å². The summed E-state index contributed by atoms with van der Waals surface area (Å²) >= 11 is 0. The topological polar surface area (TPSA) is 121 Å². The summed E-state index contributed by atoms with van der Waals surface area (Å²) in [6.07, 6.45) is 0. The van der Waals surface area contributed by atoms with Crippen LogP contribution in [0.2, 0.25) is 0 Å². The number of rotatable bonds is 3. The first-order valence-electron chi connectivity index (χ1n) is 2.32. The molecule has 0 amide bonds. The quantitative estimate of drug-likeness (QED) is 0.203. The first kappa shape index (κ1) is 10.2. The highest BCUT2D eigenvalue weighted by Crippen LogP contribution is 2.44. The highest BCUT2D eigenvalue weighted by molar-refractivity contribution is 7.58. The van der Waals surface area contributed by atoms with E-state index in [-0.39, 0.29) is 0 Å². The normalized spacial score (nSPS) is 12.6. The van der Waals surface area contributed by atoms with Gasteiger partial charge in [0.2, 0.25) is 0 Å². The molecular weight excluding hydrogens is 163 g/mol. The summed E-state index contributed by atoms with van der Waals surface area (Å²) in [6, 6.07) is -6.31. The van der Waals surface area contributed by atoms with Crippen molar-refractivity contribution in [3.8, 4) is 0 Å². The van der Waals surface area contributed by atoms with E-state index in [0.717, 1.165) is 0 Å². The van der Waals surface area contributed by atoms with Gasteiger partial charge in [0.25, 0.3) is 0 Å². The summed E-state index contributed by atoms with van der Waals surface area (Å²) in [7, 11) is -2.40. The molecule has 0 rings (SSSR count). The van der Waals surface area contributed by atoms with Crippen LogP contribution in [-0.2, 0) is 0 Å². The molecule has 0 aromatic carbocycles. The molecule has 0 aliphatic rings. The molecule has 62 valence electrons. The molecule has 0 atom stereocenters. The third kappa shape index (κ3) is 2.85. The van der Waals surface area contributed by atoms with Crippen LogP contribution < -0.4 is 0 Å². The van der Waals surface area contributed by atoms with E-state index < -0.39 is 26.0 Å². The fourth-order valence-corrected chi connectivity index (χ4v) is 1.07. The van der Waals surface area contributed by atoms with Crippen molar-refractivity contribution < 1.29 is 30.6 Å². The number of hydrogen-bond acceptors (Lipinski definition) is 6. The summed E-state index contributed by atoms with van der Waals surface area (Å²) in [6.45, 7) is 0. The van der Waals surface area contributed by atoms with E-state index in [1.54, 1.807) is 0 Å². The maximum Gasteiger partial charge on any atom is 0.180 e.